The fourth-order valence-electron chi connectivity index (χ4n) is 4.84. The normalized spacial score (nSPS) is 14.4. The summed E-state index contributed by atoms with van der Waals surface area (Å²) in [6, 6.07) is 20.0. The van der Waals surface area contributed by atoms with Gasteiger partial charge in [0.2, 0.25) is 9.84 Å². The molecule has 204 valence electrons. The maximum atomic E-state index is 13.6. The minimum Gasteiger partial charge on any atom is -0.497 e. The minimum atomic E-state index is -4.24. The van der Waals surface area contributed by atoms with Gasteiger partial charge in [-0.05, 0) is 84.9 Å². The Labute approximate surface area is 234 Å². The standard InChI is InChI=1S/C30H20N2O8S/c1-39-19-7-3-17(4-8-19)31-27(33)23-13-11-21(15-25(23)29(31)35)41(37,38)22-12-14-24-26(16-22)30(36)32(28(24)34)18-5-9-20(40-2)10-6-18/h3-16H,1-2H3. The van der Waals surface area contributed by atoms with Gasteiger partial charge in [-0.15, -0.1) is 0 Å². The summed E-state index contributed by atoms with van der Waals surface area (Å²) in [5, 5.41) is 0. The maximum Gasteiger partial charge on any atom is 0.266 e. The van der Waals surface area contributed by atoms with Gasteiger partial charge in [0.15, 0.2) is 0 Å². The highest BCUT2D eigenvalue weighted by atomic mass is 32.2. The van der Waals surface area contributed by atoms with Gasteiger partial charge in [-0.3, -0.25) is 19.2 Å². The van der Waals surface area contributed by atoms with Gasteiger partial charge in [0, 0.05) is 0 Å². The Balaban J connectivity index is 1.33. The third-order valence-electron chi connectivity index (χ3n) is 7.00. The monoisotopic (exact) mass is 568 g/mol. The zero-order valence-electron chi connectivity index (χ0n) is 21.7. The smallest absolute Gasteiger partial charge is 0.266 e. The van der Waals surface area contributed by atoms with E-state index in [-0.39, 0.29) is 32.0 Å². The van der Waals surface area contributed by atoms with E-state index >= 15 is 0 Å². The van der Waals surface area contributed by atoms with E-state index in [1.807, 2.05) is 0 Å². The van der Waals surface area contributed by atoms with Crippen LogP contribution in [0.15, 0.2) is 94.7 Å². The average molecular weight is 569 g/mol. The molecule has 2 aliphatic heterocycles. The summed E-state index contributed by atoms with van der Waals surface area (Å²) >= 11 is 0. The van der Waals surface area contributed by atoms with E-state index in [1.54, 1.807) is 48.5 Å². The Morgan fingerprint density at radius 3 is 1.17 bits per heavy atom. The number of rotatable bonds is 6. The zero-order chi connectivity index (χ0) is 29.1. The highest BCUT2D eigenvalue weighted by Gasteiger charge is 2.40. The number of imide groups is 2. The lowest BCUT2D eigenvalue weighted by molar-refractivity contribution is 0.0910. The SMILES string of the molecule is COc1ccc(N2C(=O)c3ccc(S(=O)(=O)c4ccc5c(c4)C(=O)N(c4ccc(OC)cc4)C5=O)cc3C2=O)cc1. The van der Waals surface area contributed by atoms with E-state index in [2.05, 4.69) is 0 Å². The fourth-order valence-corrected chi connectivity index (χ4v) is 6.15. The van der Waals surface area contributed by atoms with Gasteiger partial charge in [0.05, 0.1) is 57.6 Å². The van der Waals surface area contributed by atoms with Gasteiger partial charge in [0.1, 0.15) is 11.5 Å². The quantitative estimate of drug-likeness (QED) is 0.318. The molecular formula is C30H20N2O8S. The summed E-state index contributed by atoms with van der Waals surface area (Å²) < 4.78 is 37.4. The van der Waals surface area contributed by atoms with Gasteiger partial charge in [-0.1, -0.05) is 0 Å². The first kappa shape index (κ1) is 26.0. The van der Waals surface area contributed by atoms with Crippen LogP contribution in [0.2, 0.25) is 0 Å². The van der Waals surface area contributed by atoms with E-state index in [0.29, 0.717) is 22.9 Å². The number of hydrogen-bond acceptors (Lipinski definition) is 8. The Bertz CT molecular complexity index is 1770. The maximum absolute atomic E-state index is 13.6. The van der Waals surface area contributed by atoms with Crippen molar-refractivity contribution in [3.05, 3.63) is 107 Å². The predicted octanol–water partition coefficient (Wildman–Crippen LogP) is 4.14. The zero-order valence-corrected chi connectivity index (χ0v) is 22.5. The topological polar surface area (TPSA) is 127 Å². The largest absolute Gasteiger partial charge is 0.497 e. The molecule has 0 atom stereocenters. The first-order valence-electron chi connectivity index (χ1n) is 12.2. The van der Waals surface area contributed by atoms with E-state index in [1.165, 1.54) is 38.5 Å². The number of ether oxygens (including phenoxy) is 2. The molecule has 6 rings (SSSR count). The molecule has 0 saturated heterocycles. The molecule has 4 aromatic carbocycles. The molecule has 11 heteroatoms. The van der Waals surface area contributed by atoms with Crippen molar-refractivity contribution in [3.8, 4) is 11.5 Å². The summed E-state index contributed by atoms with van der Waals surface area (Å²) in [6.07, 6.45) is 0. The minimum absolute atomic E-state index is 0.0645. The van der Waals surface area contributed by atoms with E-state index < -0.39 is 33.5 Å². The third kappa shape index (κ3) is 3.97. The first-order valence-corrected chi connectivity index (χ1v) is 13.7. The molecule has 0 spiro atoms. The van der Waals surface area contributed by atoms with E-state index in [4.69, 9.17) is 9.47 Å². The highest BCUT2D eigenvalue weighted by molar-refractivity contribution is 7.91. The number of carbonyl (C=O) groups is 4. The first-order chi connectivity index (χ1) is 19.6. The summed E-state index contributed by atoms with van der Waals surface area (Å²) in [5.41, 5.74) is 0.619. The average Bonchev–Trinajstić information content (AvgIpc) is 3.40. The molecule has 4 amide bonds. The van der Waals surface area contributed by atoms with Crippen LogP contribution < -0.4 is 19.3 Å². The van der Waals surface area contributed by atoms with Crippen molar-refractivity contribution in [1.29, 1.82) is 0 Å². The van der Waals surface area contributed by atoms with Crippen molar-refractivity contribution in [2.45, 2.75) is 9.79 Å². The predicted molar refractivity (Wildman–Crippen MR) is 147 cm³/mol. The Morgan fingerprint density at radius 1 is 0.488 bits per heavy atom. The fraction of sp³-hybridized carbons (Fsp3) is 0.0667. The summed E-state index contributed by atoms with van der Waals surface area (Å²) in [7, 11) is -1.26. The molecule has 0 aliphatic carbocycles. The second-order valence-electron chi connectivity index (χ2n) is 9.21. The van der Waals surface area contributed by atoms with Crippen molar-refractivity contribution in [3.63, 3.8) is 0 Å². The molecule has 41 heavy (non-hydrogen) atoms. The molecule has 0 bridgehead atoms. The number of methoxy groups -OCH3 is 2. The molecule has 10 nitrogen and oxygen atoms in total. The van der Waals surface area contributed by atoms with Gasteiger partial charge < -0.3 is 9.47 Å². The molecule has 0 unspecified atom stereocenters. The molecular weight excluding hydrogens is 548 g/mol. The number of sulfone groups is 1. The van der Waals surface area contributed by atoms with Crippen molar-refractivity contribution in [2.75, 3.05) is 24.0 Å². The van der Waals surface area contributed by atoms with E-state index in [9.17, 15) is 27.6 Å². The van der Waals surface area contributed by atoms with Crippen molar-refractivity contribution >= 4 is 44.8 Å². The van der Waals surface area contributed by atoms with Gasteiger partial charge in [-0.25, -0.2) is 18.2 Å². The second-order valence-corrected chi connectivity index (χ2v) is 11.2. The molecule has 0 saturated carbocycles. The summed E-state index contributed by atoms with van der Waals surface area (Å²) in [6.45, 7) is 0. The van der Waals surface area contributed by atoms with Crippen LogP contribution in [0.5, 0.6) is 11.5 Å². The lowest BCUT2D eigenvalue weighted by Gasteiger charge is -2.14. The molecule has 0 fully saturated rings. The molecule has 0 aromatic heterocycles. The number of nitrogens with zero attached hydrogens (tertiary/aromatic N) is 2. The summed E-state index contributed by atoms with van der Waals surface area (Å²) in [5.74, 6) is -1.42. The van der Waals surface area contributed by atoms with Crippen molar-refractivity contribution in [2.24, 2.45) is 0 Å². The van der Waals surface area contributed by atoms with Crippen LogP contribution in [0.25, 0.3) is 0 Å². The van der Waals surface area contributed by atoms with Crippen LogP contribution in [-0.2, 0) is 9.84 Å². The van der Waals surface area contributed by atoms with Gasteiger partial charge >= 0.3 is 0 Å². The third-order valence-corrected chi connectivity index (χ3v) is 8.75. The highest BCUT2D eigenvalue weighted by Crippen LogP contribution is 2.35. The molecule has 4 aromatic rings. The number of fused-ring (bicyclic) bond motifs is 2. The lowest BCUT2D eigenvalue weighted by Crippen LogP contribution is -2.29. The van der Waals surface area contributed by atoms with Crippen LogP contribution in [-0.4, -0.2) is 46.3 Å². The Kier molecular flexibility index (Phi) is 5.96. The molecule has 2 aliphatic rings. The van der Waals surface area contributed by atoms with E-state index in [0.717, 1.165) is 21.9 Å². The van der Waals surface area contributed by atoms with Crippen LogP contribution in [0.3, 0.4) is 0 Å². The number of hydrogen-bond donors (Lipinski definition) is 0. The molecule has 2 heterocycles. The number of amides is 4. The number of anilines is 2. The van der Waals surface area contributed by atoms with Crippen molar-refractivity contribution in [1.82, 2.24) is 0 Å². The Hall–Kier alpha value is -5.29. The number of benzene rings is 4. The van der Waals surface area contributed by atoms with Crippen LogP contribution >= 0.6 is 0 Å². The summed E-state index contributed by atoms with van der Waals surface area (Å²) in [4.78, 5) is 53.9. The number of carbonyl (C=O) groups excluding carboxylic acids is 4. The molecule has 0 N–H and O–H groups in total. The van der Waals surface area contributed by atoms with Crippen LogP contribution in [0.1, 0.15) is 41.4 Å². The van der Waals surface area contributed by atoms with Crippen LogP contribution in [0, 0.1) is 0 Å². The molecule has 0 radical (unpaired) electrons. The van der Waals surface area contributed by atoms with Crippen LogP contribution in [0.4, 0.5) is 11.4 Å². The Morgan fingerprint density at radius 2 is 0.829 bits per heavy atom. The van der Waals surface area contributed by atoms with Crippen molar-refractivity contribution < 1.29 is 37.1 Å². The van der Waals surface area contributed by atoms with Gasteiger partial charge in [-0.2, -0.15) is 0 Å². The second kappa shape index (κ2) is 9.42. The lowest BCUT2D eigenvalue weighted by atomic mass is 10.1. The van der Waals surface area contributed by atoms with Gasteiger partial charge in [0.25, 0.3) is 23.6 Å².